The van der Waals surface area contributed by atoms with Crippen LogP contribution < -0.4 is 5.32 Å². The van der Waals surface area contributed by atoms with Gasteiger partial charge in [0.15, 0.2) is 0 Å². The predicted molar refractivity (Wildman–Crippen MR) is 80.9 cm³/mol. The Labute approximate surface area is 125 Å². The molecule has 1 fully saturated rings. The molecule has 1 heterocycles. The second kappa shape index (κ2) is 6.70. The lowest BCUT2D eigenvalue weighted by Gasteiger charge is -2.38. The summed E-state index contributed by atoms with van der Waals surface area (Å²) in [5.74, 6) is -0.0676. The summed E-state index contributed by atoms with van der Waals surface area (Å²) in [6, 6.07) is 9.10. The smallest absolute Gasteiger partial charge is 0.225 e. The largest absolute Gasteiger partial charge is 0.373 e. The number of morpholine rings is 1. The van der Waals surface area contributed by atoms with E-state index in [1.807, 2.05) is 0 Å². The average Bonchev–Trinajstić information content (AvgIpc) is 2.45. The Bertz CT molecular complexity index is 549. The Kier molecular flexibility index (Phi) is 4.94. The zero-order valence-electron chi connectivity index (χ0n) is 12.6. The third-order valence-electron chi connectivity index (χ3n) is 3.48. The highest BCUT2D eigenvalue weighted by Crippen LogP contribution is 2.17. The number of hydrogen-bond donors (Lipinski definition) is 1. The van der Waals surface area contributed by atoms with Crippen LogP contribution in [0.15, 0.2) is 24.3 Å². The molecule has 1 aromatic rings. The molecular weight excluding hydrogens is 266 g/mol. The number of ether oxygens (including phenoxy) is 1. The highest BCUT2D eigenvalue weighted by Gasteiger charge is 2.27. The van der Waals surface area contributed by atoms with Crippen molar-refractivity contribution in [2.24, 2.45) is 0 Å². The zero-order valence-corrected chi connectivity index (χ0v) is 12.6. The van der Waals surface area contributed by atoms with Gasteiger partial charge in [0.05, 0.1) is 23.5 Å². The fourth-order valence-corrected chi connectivity index (χ4v) is 2.47. The number of carbonyl (C=O) groups is 1. The number of para-hydroxylation sites is 1. The van der Waals surface area contributed by atoms with Gasteiger partial charge in [0.25, 0.3) is 0 Å². The highest BCUT2D eigenvalue weighted by atomic mass is 16.5. The van der Waals surface area contributed by atoms with Gasteiger partial charge in [0, 0.05) is 26.1 Å². The molecule has 1 amide bonds. The van der Waals surface area contributed by atoms with Gasteiger partial charge in [-0.25, -0.2) is 0 Å². The molecule has 5 nitrogen and oxygen atoms in total. The van der Waals surface area contributed by atoms with Crippen LogP contribution in [0.5, 0.6) is 0 Å². The molecule has 21 heavy (non-hydrogen) atoms. The van der Waals surface area contributed by atoms with Crippen molar-refractivity contribution < 1.29 is 9.53 Å². The van der Waals surface area contributed by atoms with Gasteiger partial charge in [-0.3, -0.25) is 9.69 Å². The predicted octanol–water partition coefficient (Wildman–Crippen LogP) is 2.00. The van der Waals surface area contributed by atoms with E-state index in [4.69, 9.17) is 10.00 Å². The normalized spacial score (nSPS) is 18.0. The summed E-state index contributed by atoms with van der Waals surface area (Å²) >= 11 is 0. The van der Waals surface area contributed by atoms with Gasteiger partial charge in [-0.1, -0.05) is 12.1 Å². The average molecular weight is 287 g/mol. The minimum Gasteiger partial charge on any atom is -0.373 e. The maximum atomic E-state index is 12.0. The molecule has 1 saturated heterocycles. The molecule has 0 unspecified atom stereocenters. The number of carbonyl (C=O) groups excluding carboxylic acids is 1. The van der Waals surface area contributed by atoms with E-state index in [0.717, 1.165) is 13.1 Å². The lowest BCUT2D eigenvalue weighted by atomic mass is 10.1. The number of hydrogen-bond acceptors (Lipinski definition) is 4. The van der Waals surface area contributed by atoms with Crippen LogP contribution in [-0.2, 0) is 9.53 Å². The Hall–Kier alpha value is -1.90. The zero-order chi connectivity index (χ0) is 15.3. The van der Waals surface area contributed by atoms with E-state index in [0.29, 0.717) is 30.8 Å². The summed E-state index contributed by atoms with van der Waals surface area (Å²) in [5, 5.41) is 11.8. The SMILES string of the molecule is CC1(C)CN(CCC(=O)Nc2ccccc2C#N)CCO1. The van der Waals surface area contributed by atoms with Crippen LogP contribution >= 0.6 is 0 Å². The van der Waals surface area contributed by atoms with Crippen molar-refractivity contribution in [1.29, 1.82) is 5.26 Å². The van der Waals surface area contributed by atoms with E-state index >= 15 is 0 Å². The van der Waals surface area contributed by atoms with Crippen LogP contribution in [-0.4, -0.2) is 42.6 Å². The molecule has 0 saturated carbocycles. The molecule has 1 aromatic carbocycles. The second-order valence-corrected chi connectivity index (χ2v) is 5.84. The van der Waals surface area contributed by atoms with Crippen LogP contribution in [0.1, 0.15) is 25.8 Å². The summed E-state index contributed by atoms with van der Waals surface area (Å²) in [7, 11) is 0. The molecule has 0 aliphatic carbocycles. The van der Waals surface area contributed by atoms with Gasteiger partial charge in [0.1, 0.15) is 6.07 Å². The first-order valence-electron chi connectivity index (χ1n) is 7.15. The molecule has 112 valence electrons. The minimum absolute atomic E-state index is 0.0676. The molecule has 0 atom stereocenters. The molecule has 1 aliphatic rings. The van der Waals surface area contributed by atoms with E-state index in [2.05, 4.69) is 30.1 Å². The number of amides is 1. The molecule has 5 heteroatoms. The number of nitrogens with one attached hydrogen (secondary N) is 1. The van der Waals surface area contributed by atoms with Gasteiger partial charge in [-0.15, -0.1) is 0 Å². The molecule has 1 aliphatic heterocycles. The van der Waals surface area contributed by atoms with E-state index in [9.17, 15) is 4.79 Å². The van der Waals surface area contributed by atoms with Crippen LogP contribution in [0.4, 0.5) is 5.69 Å². The monoisotopic (exact) mass is 287 g/mol. The van der Waals surface area contributed by atoms with E-state index in [1.54, 1.807) is 24.3 Å². The summed E-state index contributed by atoms with van der Waals surface area (Å²) in [5.41, 5.74) is 0.910. The first-order chi connectivity index (χ1) is 10.00. The van der Waals surface area contributed by atoms with Gasteiger partial charge in [-0.2, -0.15) is 5.26 Å². The Morgan fingerprint density at radius 3 is 2.95 bits per heavy atom. The fourth-order valence-electron chi connectivity index (χ4n) is 2.47. The van der Waals surface area contributed by atoms with Crippen LogP contribution in [0.3, 0.4) is 0 Å². The molecule has 2 rings (SSSR count). The molecule has 0 radical (unpaired) electrons. The van der Waals surface area contributed by atoms with Gasteiger partial charge >= 0.3 is 0 Å². The Morgan fingerprint density at radius 2 is 2.24 bits per heavy atom. The first-order valence-corrected chi connectivity index (χ1v) is 7.15. The van der Waals surface area contributed by atoms with Gasteiger partial charge in [-0.05, 0) is 26.0 Å². The Balaban J connectivity index is 1.84. The molecule has 1 N–H and O–H groups in total. The molecule has 0 bridgehead atoms. The molecular formula is C16H21N3O2. The van der Waals surface area contributed by atoms with Crippen LogP contribution in [0.25, 0.3) is 0 Å². The fraction of sp³-hybridized carbons (Fsp3) is 0.500. The third kappa shape index (κ3) is 4.55. The Morgan fingerprint density at radius 1 is 1.48 bits per heavy atom. The molecule has 0 spiro atoms. The van der Waals surface area contributed by atoms with Gasteiger partial charge < -0.3 is 10.1 Å². The standard InChI is InChI=1S/C16H21N3O2/c1-16(2)12-19(9-10-21-16)8-7-15(20)18-14-6-4-3-5-13(14)11-17/h3-6H,7-10,12H2,1-2H3,(H,18,20). The second-order valence-electron chi connectivity index (χ2n) is 5.84. The van der Waals surface area contributed by atoms with E-state index in [1.165, 1.54) is 0 Å². The number of anilines is 1. The van der Waals surface area contributed by atoms with E-state index < -0.39 is 0 Å². The highest BCUT2D eigenvalue weighted by molar-refractivity contribution is 5.92. The van der Waals surface area contributed by atoms with Crippen LogP contribution in [0.2, 0.25) is 0 Å². The van der Waals surface area contributed by atoms with Crippen molar-refractivity contribution in [3.63, 3.8) is 0 Å². The number of rotatable bonds is 4. The summed E-state index contributed by atoms with van der Waals surface area (Å²) in [6.45, 7) is 7.20. The summed E-state index contributed by atoms with van der Waals surface area (Å²) in [4.78, 5) is 14.2. The van der Waals surface area contributed by atoms with Crippen molar-refractivity contribution >= 4 is 11.6 Å². The number of benzene rings is 1. The topological polar surface area (TPSA) is 65.4 Å². The molecule has 0 aromatic heterocycles. The number of nitriles is 1. The lowest BCUT2D eigenvalue weighted by Crippen LogP contribution is -2.48. The quantitative estimate of drug-likeness (QED) is 0.920. The maximum absolute atomic E-state index is 12.0. The summed E-state index contributed by atoms with van der Waals surface area (Å²) < 4.78 is 5.65. The van der Waals surface area contributed by atoms with Gasteiger partial charge in [0.2, 0.25) is 5.91 Å². The van der Waals surface area contributed by atoms with E-state index in [-0.39, 0.29) is 11.5 Å². The van der Waals surface area contributed by atoms with Crippen molar-refractivity contribution in [1.82, 2.24) is 4.90 Å². The van der Waals surface area contributed by atoms with Crippen molar-refractivity contribution in [3.05, 3.63) is 29.8 Å². The minimum atomic E-state index is -0.151. The first kappa shape index (κ1) is 15.5. The maximum Gasteiger partial charge on any atom is 0.225 e. The van der Waals surface area contributed by atoms with Crippen molar-refractivity contribution in [2.75, 3.05) is 31.6 Å². The van der Waals surface area contributed by atoms with Crippen LogP contribution in [0, 0.1) is 11.3 Å². The van der Waals surface area contributed by atoms with Crippen molar-refractivity contribution in [3.8, 4) is 6.07 Å². The third-order valence-corrected chi connectivity index (χ3v) is 3.48. The van der Waals surface area contributed by atoms with Crippen molar-refractivity contribution in [2.45, 2.75) is 25.9 Å². The number of nitrogens with zero attached hydrogens (tertiary/aromatic N) is 2. The summed E-state index contributed by atoms with van der Waals surface area (Å²) in [6.07, 6.45) is 0.413. The lowest BCUT2D eigenvalue weighted by molar-refractivity contribution is -0.118.